The molecule has 1 fully saturated rings. The Bertz CT molecular complexity index is 1370. The molecule has 4 N–H and O–H groups in total. The number of rotatable bonds is 21. The largest absolute Gasteiger partial charge is 0.379 e. The number of hydrogen-bond donors (Lipinski definition) is 3. The lowest BCUT2D eigenvalue weighted by Gasteiger charge is -2.40. The molecule has 312 valence electrons. The number of amides is 4. The smallest absolute Gasteiger partial charge is 0.247 e. The maximum Gasteiger partial charge on any atom is 0.247 e. The highest BCUT2D eigenvalue weighted by Gasteiger charge is 2.43. The van der Waals surface area contributed by atoms with Gasteiger partial charge in [0.15, 0.2) is 5.96 Å². The fraction of sp³-hybridized carbons (Fsp3) is 0.732. The monoisotopic (exact) mass is 773 g/mol. The molecule has 14 nitrogen and oxygen atoms in total. The molecule has 1 aliphatic rings. The van der Waals surface area contributed by atoms with Crippen LogP contribution in [0.1, 0.15) is 72.3 Å². The molecular formula is C41H72N8O6. The summed E-state index contributed by atoms with van der Waals surface area (Å²) in [6.45, 7) is 11.3. The molecule has 55 heavy (non-hydrogen) atoms. The first kappa shape index (κ1) is 47.4. The summed E-state index contributed by atoms with van der Waals surface area (Å²) in [7, 11) is 12.5. The number of likely N-dealkylation sites (tertiary alicyclic amines) is 1. The molecule has 1 saturated heterocycles. The van der Waals surface area contributed by atoms with Gasteiger partial charge >= 0.3 is 0 Å². The zero-order chi connectivity index (χ0) is 41.4. The minimum Gasteiger partial charge on any atom is -0.379 e. The van der Waals surface area contributed by atoms with Crippen molar-refractivity contribution in [2.75, 3.05) is 69.1 Å². The Hall–Kier alpha value is -3.75. The summed E-state index contributed by atoms with van der Waals surface area (Å²) in [4.78, 5) is 67.8. The number of carbonyl (C=O) groups is 4. The number of hydrogen-bond acceptors (Lipinski definition) is 8. The van der Waals surface area contributed by atoms with Crippen molar-refractivity contribution >= 4 is 29.6 Å². The van der Waals surface area contributed by atoms with Crippen molar-refractivity contribution in [1.29, 1.82) is 0 Å². The summed E-state index contributed by atoms with van der Waals surface area (Å²) >= 11 is 0. The maximum absolute atomic E-state index is 14.3. The lowest BCUT2D eigenvalue weighted by molar-refractivity contribution is -0.146. The molecule has 0 spiro atoms. The van der Waals surface area contributed by atoms with E-state index in [9.17, 15) is 19.2 Å². The second-order valence-electron chi connectivity index (χ2n) is 15.7. The molecule has 0 unspecified atom stereocenters. The summed E-state index contributed by atoms with van der Waals surface area (Å²) in [6.07, 6.45) is 1.98. The number of nitrogens with two attached hydrogens (primary N) is 1. The van der Waals surface area contributed by atoms with Gasteiger partial charge in [0.25, 0.3) is 0 Å². The van der Waals surface area contributed by atoms with Crippen molar-refractivity contribution < 1.29 is 28.7 Å². The Morgan fingerprint density at radius 2 is 1.60 bits per heavy atom. The quantitative estimate of drug-likeness (QED) is 0.0970. The van der Waals surface area contributed by atoms with Gasteiger partial charge in [-0.25, -0.2) is 4.99 Å². The van der Waals surface area contributed by atoms with Gasteiger partial charge < -0.3 is 45.4 Å². The van der Waals surface area contributed by atoms with Crippen molar-refractivity contribution in [1.82, 2.24) is 30.2 Å². The van der Waals surface area contributed by atoms with E-state index in [0.717, 1.165) is 18.4 Å². The van der Waals surface area contributed by atoms with Crippen LogP contribution in [0.5, 0.6) is 0 Å². The van der Waals surface area contributed by atoms with Crippen molar-refractivity contribution in [2.45, 2.75) is 110 Å². The van der Waals surface area contributed by atoms with Crippen LogP contribution in [-0.2, 0) is 35.1 Å². The first-order chi connectivity index (χ1) is 26.0. The van der Waals surface area contributed by atoms with Crippen LogP contribution in [-0.4, -0.2) is 155 Å². The molecule has 1 heterocycles. The Kier molecular flexibility index (Phi) is 20.1. The van der Waals surface area contributed by atoms with Crippen molar-refractivity contribution in [3.63, 3.8) is 0 Å². The highest BCUT2D eigenvalue weighted by atomic mass is 16.5. The third kappa shape index (κ3) is 13.5. The lowest BCUT2D eigenvalue weighted by atomic mass is 9.89. The number of ether oxygens (including phenoxy) is 2. The van der Waals surface area contributed by atoms with E-state index in [-0.39, 0.29) is 47.9 Å². The van der Waals surface area contributed by atoms with Crippen LogP contribution < -0.4 is 16.4 Å². The number of methoxy groups -OCH3 is 2. The van der Waals surface area contributed by atoms with Gasteiger partial charge in [0, 0.05) is 69.0 Å². The third-order valence-electron chi connectivity index (χ3n) is 10.8. The van der Waals surface area contributed by atoms with Gasteiger partial charge in [0.2, 0.25) is 23.6 Å². The summed E-state index contributed by atoms with van der Waals surface area (Å²) in [5.74, 6) is -0.901. The van der Waals surface area contributed by atoms with E-state index in [0.29, 0.717) is 44.9 Å². The Morgan fingerprint density at radius 1 is 0.964 bits per heavy atom. The number of guanidine groups is 1. The minimum absolute atomic E-state index is 0.0202. The third-order valence-corrected chi connectivity index (χ3v) is 10.8. The molecule has 0 aliphatic carbocycles. The Balaban J connectivity index is 2.31. The molecular weight excluding hydrogens is 701 g/mol. The predicted molar refractivity (Wildman–Crippen MR) is 218 cm³/mol. The zero-order valence-electron chi connectivity index (χ0n) is 35.7. The van der Waals surface area contributed by atoms with Crippen LogP contribution in [0.25, 0.3) is 0 Å². The standard InChI is InChI=1S/C41H72N8O6/c1-13-28(4)36(48(10)40(53)35(27(2)3)45-41(46(6)7)47(8)9)33(54-11)26-34(50)49-24-17-21-32(49)37(55-12)29(5)38(51)44-31(39(52)43-23-18-22-42)25-30-19-15-14-16-20-30/h14-16,19-20,27-29,31-33,35-37H,13,17-18,21-26,42H2,1-12H3,(H,43,52)(H,44,51)/t28-,29+,31-,32-,33+,35-,36-,37+/m0/s1. The summed E-state index contributed by atoms with van der Waals surface area (Å²) < 4.78 is 12.0. The molecule has 2 rings (SSSR count). The summed E-state index contributed by atoms with van der Waals surface area (Å²) in [5.41, 5.74) is 6.55. The van der Waals surface area contributed by atoms with Crippen molar-refractivity contribution in [3.05, 3.63) is 35.9 Å². The molecule has 0 radical (unpaired) electrons. The molecule has 4 amide bonds. The van der Waals surface area contributed by atoms with Gasteiger partial charge in [0.05, 0.1) is 36.6 Å². The molecule has 1 aromatic carbocycles. The van der Waals surface area contributed by atoms with Crippen LogP contribution in [0.4, 0.5) is 0 Å². The van der Waals surface area contributed by atoms with E-state index in [1.54, 1.807) is 33.1 Å². The van der Waals surface area contributed by atoms with E-state index < -0.39 is 36.3 Å². The molecule has 1 aliphatic heterocycles. The number of carbonyl (C=O) groups excluding carboxylic acids is 4. The van der Waals surface area contributed by atoms with Gasteiger partial charge in [-0.3, -0.25) is 19.2 Å². The van der Waals surface area contributed by atoms with Crippen molar-refractivity contribution in [2.24, 2.45) is 28.5 Å². The van der Waals surface area contributed by atoms with Crippen LogP contribution in [0.15, 0.2) is 35.3 Å². The number of benzene rings is 1. The molecule has 14 heteroatoms. The van der Waals surface area contributed by atoms with Gasteiger partial charge in [-0.15, -0.1) is 0 Å². The zero-order valence-corrected chi connectivity index (χ0v) is 35.7. The number of aliphatic imine (C=N–C) groups is 1. The van der Waals surface area contributed by atoms with Gasteiger partial charge in [-0.1, -0.05) is 71.4 Å². The lowest BCUT2D eigenvalue weighted by Crippen LogP contribution is -2.55. The molecule has 8 atom stereocenters. The van der Waals surface area contributed by atoms with E-state index in [1.165, 1.54) is 0 Å². The van der Waals surface area contributed by atoms with Gasteiger partial charge in [-0.2, -0.15) is 0 Å². The van der Waals surface area contributed by atoms with Crippen LogP contribution in [0.2, 0.25) is 0 Å². The van der Waals surface area contributed by atoms with Crippen molar-refractivity contribution in [3.8, 4) is 0 Å². The second-order valence-corrected chi connectivity index (χ2v) is 15.7. The molecule has 1 aromatic rings. The van der Waals surface area contributed by atoms with E-state index in [1.807, 2.05) is 87.1 Å². The SMILES string of the molecule is CC[C@H](C)[C@@H]([C@@H](CC(=O)N1CCC[C@H]1[C@H](OC)[C@@H](C)C(=O)N[C@@H](Cc1ccccc1)C(=O)NCCCN)OC)N(C)C(=O)[C@@H](N=C(N(C)C)N(C)C)C(C)C. The predicted octanol–water partition coefficient (Wildman–Crippen LogP) is 2.60. The highest BCUT2D eigenvalue weighted by Crippen LogP contribution is 2.30. The minimum atomic E-state index is -0.799. The van der Waals surface area contributed by atoms with E-state index in [4.69, 9.17) is 20.2 Å². The fourth-order valence-electron chi connectivity index (χ4n) is 7.56. The molecule has 0 aromatic heterocycles. The summed E-state index contributed by atoms with van der Waals surface area (Å²) in [5, 5.41) is 5.87. The molecule has 0 bridgehead atoms. The average Bonchev–Trinajstić information content (AvgIpc) is 3.64. The van der Waals surface area contributed by atoms with Gasteiger partial charge in [0.1, 0.15) is 12.1 Å². The number of likely N-dealkylation sites (N-methyl/N-ethyl adjacent to an activating group) is 1. The van der Waals surface area contributed by atoms with Crippen LogP contribution in [0.3, 0.4) is 0 Å². The van der Waals surface area contributed by atoms with Crippen LogP contribution in [0, 0.1) is 17.8 Å². The highest BCUT2D eigenvalue weighted by molar-refractivity contribution is 5.89. The van der Waals surface area contributed by atoms with E-state index >= 15 is 0 Å². The summed E-state index contributed by atoms with van der Waals surface area (Å²) in [6, 6.07) is 7.35. The fourth-order valence-corrected chi connectivity index (χ4v) is 7.56. The average molecular weight is 773 g/mol. The number of nitrogens with one attached hydrogen (secondary N) is 2. The topological polar surface area (TPSA) is 162 Å². The normalized spacial score (nSPS) is 18.0. The van der Waals surface area contributed by atoms with E-state index in [2.05, 4.69) is 24.5 Å². The van der Waals surface area contributed by atoms with Gasteiger partial charge in [-0.05, 0) is 43.2 Å². The van der Waals surface area contributed by atoms with Crippen LogP contribution >= 0.6 is 0 Å². The Labute approximate surface area is 330 Å². The first-order valence-electron chi connectivity index (χ1n) is 19.9. The number of nitrogens with zero attached hydrogens (tertiary/aromatic N) is 5. The Morgan fingerprint density at radius 3 is 2.13 bits per heavy atom. The molecule has 0 saturated carbocycles. The second kappa shape index (κ2) is 23.3. The first-order valence-corrected chi connectivity index (χ1v) is 19.9. The maximum atomic E-state index is 14.3.